The van der Waals surface area contributed by atoms with Gasteiger partial charge in [0.15, 0.2) is 11.6 Å². The number of aromatic nitrogens is 2. The average Bonchev–Trinajstić information content (AvgIpc) is 3.25. The molecule has 2 aliphatic rings. The Bertz CT molecular complexity index is 1660. The first-order chi connectivity index (χ1) is 19.5. The molecule has 9 nitrogen and oxygen atoms in total. The van der Waals surface area contributed by atoms with Crippen LogP contribution in [0.2, 0.25) is 5.02 Å². The van der Waals surface area contributed by atoms with Crippen LogP contribution in [0.3, 0.4) is 0 Å². The fourth-order valence-corrected chi connectivity index (χ4v) is 5.74. The number of piperidine rings is 1. The molecule has 2 aliphatic heterocycles. The molecule has 0 saturated carbocycles. The first kappa shape index (κ1) is 25.6. The summed E-state index contributed by atoms with van der Waals surface area (Å²) in [5.74, 6) is 1.43. The summed E-state index contributed by atoms with van der Waals surface area (Å²) in [5.41, 5.74) is 2.41. The third-order valence-corrected chi connectivity index (χ3v) is 7.82. The van der Waals surface area contributed by atoms with Crippen molar-refractivity contribution in [3.8, 4) is 11.8 Å². The zero-order valence-electron chi connectivity index (χ0n) is 21.7. The van der Waals surface area contributed by atoms with Crippen molar-refractivity contribution < 1.29 is 14.3 Å². The van der Waals surface area contributed by atoms with Crippen LogP contribution in [0.25, 0.3) is 10.8 Å². The Morgan fingerprint density at radius 1 is 1.00 bits per heavy atom. The predicted molar refractivity (Wildman–Crippen MR) is 152 cm³/mol. The lowest BCUT2D eigenvalue weighted by Crippen LogP contribution is -2.47. The molecule has 0 bridgehead atoms. The normalized spacial score (nSPS) is 15.3. The molecule has 1 fully saturated rings. The van der Waals surface area contributed by atoms with Crippen molar-refractivity contribution in [2.75, 3.05) is 30.4 Å². The van der Waals surface area contributed by atoms with E-state index in [9.17, 15) is 14.9 Å². The predicted octanol–water partition coefficient (Wildman–Crippen LogP) is 5.04. The standard InChI is InChI=1S/C30H25ClN6O3/c1-40-26-9-7-19(15-25(26)31)17-33-27-24-14-18(16-32)6-8-21(24)28(35-34-27)36-12-10-20(11-13-36)37-29(38)22-4-2-3-5-23(22)30(37)39/h2-9,14-15,20H,10-13,17H2,1H3,(H,33,34). The van der Waals surface area contributed by atoms with Crippen LogP contribution < -0.4 is 15.0 Å². The van der Waals surface area contributed by atoms with Crippen molar-refractivity contribution in [3.63, 3.8) is 0 Å². The van der Waals surface area contributed by atoms with E-state index in [0.29, 0.717) is 71.6 Å². The smallest absolute Gasteiger partial charge is 0.261 e. The summed E-state index contributed by atoms with van der Waals surface area (Å²) in [5, 5.41) is 24.1. The van der Waals surface area contributed by atoms with Crippen molar-refractivity contribution in [3.05, 3.63) is 87.9 Å². The molecular weight excluding hydrogens is 528 g/mol. The monoisotopic (exact) mass is 552 g/mol. The molecule has 2 amide bonds. The Hall–Kier alpha value is -4.68. The van der Waals surface area contributed by atoms with Gasteiger partial charge in [-0.25, -0.2) is 0 Å². The van der Waals surface area contributed by atoms with Crippen LogP contribution in [0, 0.1) is 11.3 Å². The quantitative estimate of drug-likeness (QED) is 0.331. The van der Waals surface area contributed by atoms with E-state index in [1.807, 2.05) is 30.3 Å². The molecule has 200 valence electrons. The third-order valence-electron chi connectivity index (χ3n) is 7.52. The number of carbonyl (C=O) groups excluding carboxylic acids is 2. The molecule has 0 radical (unpaired) electrons. The zero-order chi connectivity index (χ0) is 27.8. The summed E-state index contributed by atoms with van der Waals surface area (Å²) in [6.45, 7) is 1.67. The van der Waals surface area contributed by atoms with Crippen LogP contribution in [0.15, 0.2) is 60.7 Å². The Balaban J connectivity index is 1.22. The first-order valence-electron chi connectivity index (χ1n) is 13.0. The molecule has 1 saturated heterocycles. The van der Waals surface area contributed by atoms with Gasteiger partial charge in [-0.2, -0.15) is 5.26 Å². The number of nitrogens with one attached hydrogen (secondary N) is 1. The number of nitrogens with zero attached hydrogens (tertiary/aromatic N) is 5. The number of fused-ring (bicyclic) bond motifs is 2. The number of ether oxygens (including phenoxy) is 1. The lowest BCUT2D eigenvalue weighted by molar-refractivity contribution is 0.0561. The number of amides is 2. The Kier molecular flexibility index (Phi) is 6.70. The van der Waals surface area contributed by atoms with Gasteiger partial charge in [-0.15, -0.1) is 10.2 Å². The number of carbonyl (C=O) groups is 2. The van der Waals surface area contributed by atoms with Crippen molar-refractivity contribution in [1.82, 2.24) is 15.1 Å². The number of methoxy groups -OCH3 is 1. The molecule has 0 spiro atoms. The number of benzene rings is 3. The number of hydrogen-bond donors (Lipinski definition) is 1. The van der Waals surface area contributed by atoms with Crippen LogP contribution in [-0.4, -0.2) is 53.2 Å². The van der Waals surface area contributed by atoms with Crippen LogP contribution in [0.4, 0.5) is 11.6 Å². The molecule has 40 heavy (non-hydrogen) atoms. The SMILES string of the molecule is COc1ccc(CNc2nnc(N3CCC(N4C(=O)c5ccccc5C4=O)CC3)c3ccc(C#N)cc23)cc1Cl. The van der Waals surface area contributed by atoms with Crippen LogP contribution in [0.5, 0.6) is 5.75 Å². The molecule has 0 atom stereocenters. The van der Waals surface area contributed by atoms with E-state index < -0.39 is 0 Å². The molecule has 10 heteroatoms. The molecule has 1 aromatic heterocycles. The van der Waals surface area contributed by atoms with Gasteiger partial charge in [0.25, 0.3) is 11.8 Å². The van der Waals surface area contributed by atoms with Crippen molar-refractivity contribution in [1.29, 1.82) is 5.26 Å². The second-order valence-electron chi connectivity index (χ2n) is 9.81. The lowest BCUT2D eigenvalue weighted by Gasteiger charge is -2.36. The van der Waals surface area contributed by atoms with Gasteiger partial charge in [0, 0.05) is 36.4 Å². The maximum Gasteiger partial charge on any atom is 0.261 e. The molecule has 0 aliphatic carbocycles. The van der Waals surface area contributed by atoms with E-state index in [2.05, 4.69) is 26.5 Å². The summed E-state index contributed by atoms with van der Waals surface area (Å²) >= 11 is 6.28. The van der Waals surface area contributed by atoms with Gasteiger partial charge in [0.1, 0.15) is 5.75 Å². The number of imide groups is 1. The van der Waals surface area contributed by atoms with Gasteiger partial charge >= 0.3 is 0 Å². The van der Waals surface area contributed by atoms with Crippen molar-refractivity contribution in [2.45, 2.75) is 25.4 Å². The number of rotatable bonds is 6. The van der Waals surface area contributed by atoms with Gasteiger partial charge in [-0.05, 0) is 60.9 Å². The zero-order valence-corrected chi connectivity index (χ0v) is 22.5. The molecule has 1 N–H and O–H groups in total. The Labute approximate surface area is 235 Å². The average molecular weight is 553 g/mol. The Morgan fingerprint density at radius 3 is 2.38 bits per heavy atom. The highest BCUT2D eigenvalue weighted by atomic mass is 35.5. The Morgan fingerprint density at radius 2 is 1.73 bits per heavy atom. The van der Waals surface area contributed by atoms with E-state index >= 15 is 0 Å². The number of hydrogen-bond acceptors (Lipinski definition) is 8. The van der Waals surface area contributed by atoms with E-state index in [-0.39, 0.29) is 17.9 Å². The molecule has 0 unspecified atom stereocenters. The summed E-state index contributed by atoms with van der Waals surface area (Å²) in [7, 11) is 1.57. The van der Waals surface area contributed by atoms with Crippen LogP contribution in [0.1, 0.15) is 44.7 Å². The fraction of sp³-hybridized carbons (Fsp3) is 0.233. The van der Waals surface area contributed by atoms with Gasteiger partial charge in [0.05, 0.1) is 34.9 Å². The van der Waals surface area contributed by atoms with Gasteiger partial charge in [0.2, 0.25) is 0 Å². The van der Waals surface area contributed by atoms with Crippen LogP contribution in [-0.2, 0) is 6.54 Å². The second kappa shape index (κ2) is 10.5. The van der Waals surface area contributed by atoms with E-state index in [4.69, 9.17) is 16.3 Å². The number of halogens is 1. The number of nitriles is 1. The molecule has 4 aromatic rings. The van der Waals surface area contributed by atoms with E-state index in [1.54, 1.807) is 37.4 Å². The van der Waals surface area contributed by atoms with Gasteiger partial charge in [-0.1, -0.05) is 29.8 Å². The third kappa shape index (κ3) is 4.46. The molecular formula is C30H25ClN6O3. The van der Waals surface area contributed by atoms with Crippen molar-refractivity contribution in [2.24, 2.45) is 0 Å². The molecule has 3 aromatic carbocycles. The maximum absolute atomic E-state index is 13.0. The maximum atomic E-state index is 13.0. The summed E-state index contributed by atoms with van der Waals surface area (Å²) in [6, 6.07) is 20.0. The first-order valence-corrected chi connectivity index (χ1v) is 13.3. The minimum absolute atomic E-state index is 0.176. The fourth-order valence-electron chi connectivity index (χ4n) is 5.45. The minimum Gasteiger partial charge on any atom is -0.495 e. The highest BCUT2D eigenvalue weighted by Gasteiger charge is 2.41. The molecule has 3 heterocycles. The van der Waals surface area contributed by atoms with E-state index in [1.165, 1.54) is 4.90 Å². The van der Waals surface area contributed by atoms with Crippen LogP contribution >= 0.6 is 11.6 Å². The topological polar surface area (TPSA) is 111 Å². The minimum atomic E-state index is -0.220. The van der Waals surface area contributed by atoms with Gasteiger partial charge in [-0.3, -0.25) is 14.5 Å². The second-order valence-corrected chi connectivity index (χ2v) is 10.2. The number of anilines is 2. The summed E-state index contributed by atoms with van der Waals surface area (Å²) < 4.78 is 5.23. The largest absolute Gasteiger partial charge is 0.495 e. The lowest BCUT2D eigenvalue weighted by atomic mass is 10.0. The van der Waals surface area contributed by atoms with Crippen molar-refractivity contribution >= 4 is 45.8 Å². The van der Waals surface area contributed by atoms with Gasteiger partial charge < -0.3 is 15.0 Å². The summed E-state index contributed by atoms with van der Waals surface area (Å²) in [4.78, 5) is 29.5. The molecule has 6 rings (SSSR count). The van der Waals surface area contributed by atoms with E-state index in [0.717, 1.165) is 16.3 Å². The highest BCUT2D eigenvalue weighted by molar-refractivity contribution is 6.32. The highest BCUT2D eigenvalue weighted by Crippen LogP contribution is 2.34. The summed E-state index contributed by atoms with van der Waals surface area (Å²) in [6.07, 6.45) is 1.26.